The number of hydrogen-bond acceptors (Lipinski definition) is 3. The number of hydrogen-bond donors (Lipinski definition) is 2. The van der Waals surface area contributed by atoms with Gasteiger partial charge in [-0.1, -0.05) is 20.8 Å². The quantitative estimate of drug-likeness (QED) is 0.883. The molecule has 0 aliphatic rings. The summed E-state index contributed by atoms with van der Waals surface area (Å²) in [5.74, 6) is 0.483. The van der Waals surface area contributed by atoms with E-state index in [1.807, 2.05) is 0 Å². The Bertz CT molecular complexity index is 371. The zero-order chi connectivity index (χ0) is 12.9. The number of nitrogens with one attached hydrogen (secondary N) is 1. The first kappa shape index (κ1) is 16.7. The van der Waals surface area contributed by atoms with Gasteiger partial charge in [-0.05, 0) is 30.4 Å². The second kappa shape index (κ2) is 7.21. The molecule has 0 spiro atoms. The van der Waals surface area contributed by atoms with E-state index >= 15 is 0 Å². The molecular weight excluding hydrogens is 250 g/mol. The van der Waals surface area contributed by atoms with Gasteiger partial charge in [-0.15, -0.1) is 12.4 Å². The van der Waals surface area contributed by atoms with Crippen LogP contribution < -0.4 is 11.1 Å². The molecule has 4 nitrogen and oxygen atoms in total. The fraction of sp³-hybridized carbons (Fsp3) is 0.538. The van der Waals surface area contributed by atoms with Crippen molar-refractivity contribution in [2.75, 3.05) is 11.1 Å². The maximum atomic E-state index is 11.6. The van der Waals surface area contributed by atoms with E-state index in [1.54, 1.807) is 18.3 Å². The van der Waals surface area contributed by atoms with Crippen LogP contribution in [0, 0.1) is 5.41 Å². The predicted octanol–water partition coefficient (Wildman–Crippen LogP) is 3.24. The topological polar surface area (TPSA) is 68.0 Å². The number of nitrogens with two attached hydrogens (primary N) is 1. The molecule has 0 saturated carbocycles. The molecule has 0 fully saturated rings. The Kier molecular flexibility index (Phi) is 6.70. The summed E-state index contributed by atoms with van der Waals surface area (Å²) in [4.78, 5) is 15.5. The van der Waals surface area contributed by atoms with Gasteiger partial charge in [0.15, 0.2) is 0 Å². The molecule has 0 aliphatic heterocycles. The van der Waals surface area contributed by atoms with Crippen molar-refractivity contribution in [2.24, 2.45) is 5.41 Å². The van der Waals surface area contributed by atoms with Crippen molar-refractivity contribution in [3.63, 3.8) is 0 Å². The number of amides is 1. The Morgan fingerprint density at radius 2 is 2.06 bits per heavy atom. The minimum atomic E-state index is 0. The van der Waals surface area contributed by atoms with Gasteiger partial charge in [0.2, 0.25) is 5.91 Å². The van der Waals surface area contributed by atoms with Crippen LogP contribution in [-0.4, -0.2) is 10.9 Å². The molecule has 5 heteroatoms. The predicted molar refractivity (Wildman–Crippen MR) is 77.8 cm³/mol. The maximum absolute atomic E-state index is 11.6. The van der Waals surface area contributed by atoms with Gasteiger partial charge in [-0.25, -0.2) is 4.98 Å². The third-order valence-corrected chi connectivity index (χ3v) is 2.40. The van der Waals surface area contributed by atoms with Crippen molar-refractivity contribution in [1.29, 1.82) is 0 Å². The van der Waals surface area contributed by atoms with Crippen molar-refractivity contribution in [1.82, 2.24) is 4.98 Å². The number of rotatable bonds is 4. The van der Waals surface area contributed by atoms with Crippen molar-refractivity contribution in [2.45, 2.75) is 40.0 Å². The lowest BCUT2D eigenvalue weighted by Crippen LogP contribution is -2.13. The van der Waals surface area contributed by atoms with Gasteiger partial charge < -0.3 is 11.1 Å². The Balaban J connectivity index is 0.00000289. The SMILES string of the molecule is CC(C)(C)CCCC(=O)Nc1ccc(N)nc1.Cl. The van der Waals surface area contributed by atoms with E-state index in [4.69, 9.17) is 5.73 Å². The van der Waals surface area contributed by atoms with Crippen molar-refractivity contribution < 1.29 is 4.79 Å². The van der Waals surface area contributed by atoms with E-state index in [-0.39, 0.29) is 23.7 Å². The van der Waals surface area contributed by atoms with E-state index in [2.05, 4.69) is 31.1 Å². The monoisotopic (exact) mass is 271 g/mol. The summed E-state index contributed by atoms with van der Waals surface area (Å²) in [7, 11) is 0. The first-order valence-electron chi connectivity index (χ1n) is 5.88. The number of carbonyl (C=O) groups excluding carboxylic acids is 1. The molecule has 1 heterocycles. The lowest BCUT2D eigenvalue weighted by Gasteiger charge is -2.17. The van der Waals surface area contributed by atoms with Crippen LogP contribution in [-0.2, 0) is 4.79 Å². The molecule has 1 aromatic heterocycles. The highest BCUT2D eigenvalue weighted by molar-refractivity contribution is 5.90. The minimum Gasteiger partial charge on any atom is -0.384 e. The third-order valence-electron chi connectivity index (χ3n) is 2.40. The first-order valence-corrected chi connectivity index (χ1v) is 5.88. The average molecular weight is 272 g/mol. The Hall–Kier alpha value is -1.29. The fourth-order valence-corrected chi connectivity index (χ4v) is 1.48. The lowest BCUT2D eigenvalue weighted by molar-refractivity contribution is -0.116. The molecule has 0 aromatic carbocycles. The summed E-state index contributed by atoms with van der Waals surface area (Å²) in [6.45, 7) is 6.53. The van der Waals surface area contributed by atoms with Crippen molar-refractivity contribution in [3.05, 3.63) is 18.3 Å². The van der Waals surface area contributed by atoms with E-state index in [1.165, 1.54) is 0 Å². The number of aromatic nitrogens is 1. The van der Waals surface area contributed by atoms with Crippen LogP contribution in [0.3, 0.4) is 0 Å². The zero-order valence-electron chi connectivity index (χ0n) is 11.2. The van der Waals surface area contributed by atoms with Crippen LogP contribution >= 0.6 is 12.4 Å². The fourth-order valence-electron chi connectivity index (χ4n) is 1.48. The van der Waals surface area contributed by atoms with Gasteiger partial charge in [-0.2, -0.15) is 0 Å². The summed E-state index contributed by atoms with van der Waals surface area (Å²) >= 11 is 0. The summed E-state index contributed by atoms with van der Waals surface area (Å²) in [5, 5.41) is 2.80. The Morgan fingerprint density at radius 1 is 1.39 bits per heavy atom. The van der Waals surface area contributed by atoms with Crippen LogP contribution in [0.4, 0.5) is 11.5 Å². The first-order chi connectivity index (χ1) is 7.87. The van der Waals surface area contributed by atoms with Gasteiger partial charge >= 0.3 is 0 Å². The lowest BCUT2D eigenvalue weighted by atomic mass is 9.90. The molecule has 1 amide bonds. The second-order valence-electron chi connectivity index (χ2n) is 5.43. The van der Waals surface area contributed by atoms with Crippen LogP contribution in [0.15, 0.2) is 18.3 Å². The molecule has 0 bridgehead atoms. The highest BCUT2D eigenvalue weighted by Gasteiger charge is 2.11. The highest BCUT2D eigenvalue weighted by atomic mass is 35.5. The van der Waals surface area contributed by atoms with Gasteiger partial charge in [0, 0.05) is 6.42 Å². The normalized spacial score (nSPS) is 10.6. The summed E-state index contributed by atoms with van der Waals surface area (Å²) < 4.78 is 0. The maximum Gasteiger partial charge on any atom is 0.224 e. The van der Waals surface area contributed by atoms with E-state index in [9.17, 15) is 4.79 Å². The second-order valence-corrected chi connectivity index (χ2v) is 5.43. The molecule has 1 rings (SSSR count). The number of pyridine rings is 1. The van der Waals surface area contributed by atoms with Gasteiger partial charge in [0.05, 0.1) is 11.9 Å². The molecule has 0 saturated heterocycles. The van der Waals surface area contributed by atoms with E-state index < -0.39 is 0 Å². The number of carbonyl (C=O) groups is 1. The Morgan fingerprint density at radius 3 is 2.56 bits per heavy atom. The highest BCUT2D eigenvalue weighted by Crippen LogP contribution is 2.21. The van der Waals surface area contributed by atoms with Gasteiger partial charge in [0.1, 0.15) is 5.82 Å². The molecule has 0 aliphatic carbocycles. The Labute approximate surface area is 115 Å². The minimum absolute atomic E-state index is 0. The largest absolute Gasteiger partial charge is 0.384 e. The van der Waals surface area contributed by atoms with E-state index in [0.29, 0.717) is 17.9 Å². The third kappa shape index (κ3) is 7.12. The number of nitrogens with zero attached hydrogens (tertiary/aromatic N) is 1. The van der Waals surface area contributed by atoms with Crippen LogP contribution in [0.5, 0.6) is 0 Å². The summed E-state index contributed by atoms with van der Waals surface area (Å²) in [5.41, 5.74) is 6.44. The summed E-state index contributed by atoms with van der Waals surface area (Å²) in [6, 6.07) is 3.43. The molecule has 102 valence electrons. The molecule has 3 N–H and O–H groups in total. The number of halogens is 1. The van der Waals surface area contributed by atoms with Gasteiger partial charge in [0.25, 0.3) is 0 Å². The summed E-state index contributed by atoms with van der Waals surface area (Å²) in [6.07, 6.45) is 4.05. The van der Waals surface area contributed by atoms with E-state index in [0.717, 1.165) is 12.8 Å². The van der Waals surface area contributed by atoms with Crippen LogP contribution in [0.2, 0.25) is 0 Å². The molecule has 1 aromatic rings. The molecule has 0 atom stereocenters. The molecular formula is C13H22ClN3O. The van der Waals surface area contributed by atoms with Crippen molar-refractivity contribution in [3.8, 4) is 0 Å². The average Bonchev–Trinajstić information content (AvgIpc) is 2.19. The standard InChI is InChI=1S/C13H21N3O.ClH/c1-13(2,3)8-4-5-12(17)16-10-6-7-11(14)15-9-10;/h6-7,9H,4-5,8H2,1-3H3,(H2,14,15)(H,16,17);1H. The molecule has 0 unspecified atom stereocenters. The molecule has 18 heavy (non-hydrogen) atoms. The van der Waals surface area contributed by atoms with Gasteiger partial charge in [-0.3, -0.25) is 4.79 Å². The zero-order valence-corrected chi connectivity index (χ0v) is 12.0. The van der Waals surface area contributed by atoms with Crippen molar-refractivity contribution >= 4 is 29.8 Å². The van der Waals surface area contributed by atoms with Crippen LogP contribution in [0.1, 0.15) is 40.0 Å². The smallest absolute Gasteiger partial charge is 0.224 e. The molecule has 0 radical (unpaired) electrons. The number of anilines is 2. The number of nitrogen functional groups attached to an aromatic ring is 1. The van der Waals surface area contributed by atoms with Crippen LogP contribution in [0.25, 0.3) is 0 Å².